The number of primary sulfonamides is 1. The number of nitrogens with two attached hydrogens (primary N) is 2. The molecular weight excluding hydrogens is 306 g/mol. The number of rotatable bonds is 5. The number of hydrogen-bond acceptors (Lipinski definition) is 5. The molecule has 0 saturated carbocycles. The number of nitrogen functional groups attached to an aromatic ring is 1. The van der Waals surface area contributed by atoms with E-state index in [1.54, 1.807) is 24.3 Å². The summed E-state index contributed by atoms with van der Waals surface area (Å²) >= 11 is 1.68. The van der Waals surface area contributed by atoms with Gasteiger partial charge in [-0.15, -0.1) is 11.3 Å². The van der Waals surface area contributed by atoms with Crippen LogP contribution < -0.4 is 16.2 Å². The molecule has 7 heteroatoms. The summed E-state index contributed by atoms with van der Waals surface area (Å²) in [6.07, 6.45) is 0.971. The van der Waals surface area contributed by atoms with E-state index < -0.39 is 10.0 Å². The molecule has 0 spiro atoms. The van der Waals surface area contributed by atoms with E-state index >= 15 is 0 Å². The second kappa shape index (κ2) is 6.05. The maximum Gasteiger partial charge on any atom is 0.238 e. The van der Waals surface area contributed by atoms with Gasteiger partial charge in [0.25, 0.3) is 0 Å². The van der Waals surface area contributed by atoms with E-state index in [1.165, 1.54) is 16.5 Å². The van der Waals surface area contributed by atoms with Crippen LogP contribution in [0.2, 0.25) is 0 Å². The predicted octanol–water partition coefficient (Wildman–Crippen LogP) is 2.46. The van der Waals surface area contributed by atoms with Gasteiger partial charge >= 0.3 is 0 Å². The van der Waals surface area contributed by atoms with Gasteiger partial charge in [-0.2, -0.15) is 0 Å². The molecule has 0 radical (unpaired) electrons. The molecule has 0 bridgehead atoms. The van der Waals surface area contributed by atoms with Gasteiger partial charge in [0.15, 0.2) is 0 Å². The largest absolute Gasteiger partial charge is 0.399 e. The Morgan fingerprint density at radius 1 is 1.33 bits per heavy atom. The van der Waals surface area contributed by atoms with Crippen molar-refractivity contribution in [1.29, 1.82) is 0 Å². The smallest absolute Gasteiger partial charge is 0.238 e. The van der Waals surface area contributed by atoms with Crippen LogP contribution in [0.5, 0.6) is 0 Å². The molecule has 1 heterocycles. The lowest BCUT2D eigenvalue weighted by molar-refractivity contribution is 0.597. The zero-order valence-electron chi connectivity index (χ0n) is 12.0. The molecule has 1 aromatic carbocycles. The van der Waals surface area contributed by atoms with Crippen LogP contribution in [0.4, 0.5) is 11.4 Å². The van der Waals surface area contributed by atoms with Gasteiger partial charge in [-0.1, -0.05) is 6.92 Å². The van der Waals surface area contributed by atoms with Crippen LogP contribution in [0, 0.1) is 6.92 Å². The normalized spacial score (nSPS) is 11.6. The van der Waals surface area contributed by atoms with Gasteiger partial charge in [0.1, 0.15) is 0 Å². The van der Waals surface area contributed by atoms with Gasteiger partial charge in [0.2, 0.25) is 10.0 Å². The molecule has 0 aliphatic carbocycles. The van der Waals surface area contributed by atoms with Crippen molar-refractivity contribution >= 4 is 32.7 Å². The van der Waals surface area contributed by atoms with E-state index in [9.17, 15) is 8.42 Å². The number of sulfonamides is 1. The minimum atomic E-state index is -3.78. The average Bonchev–Trinajstić information content (AvgIpc) is 2.85. The fourth-order valence-corrected chi connectivity index (χ4v) is 3.95. The first-order chi connectivity index (χ1) is 9.82. The SMILES string of the molecule is CCc1ccsc1CNc1cc(N)cc(S(N)(=O)=O)c1C. The molecule has 0 saturated heterocycles. The van der Waals surface area contributed by atoms with Crippen LogP contribution in [0.25, 0.3) is 0 Å². The maximum absolute atomic E-state index is 11.6. The van der Waals surface area contributed by atoms with Crippen LogP contribution in [0.3, 0.4) is 0 Å². The monoisotopic (exact) mass is 325 g/mol. The third-order valence-corrected chi connectivity index (χ3v) is 5.35. The summed E-state index contributed by atoms with van der Waals surface area (Å²) in [4.78, 5) is 1.29. The summed E-state index contributed by atoms with van der Waals surface area (Å²) in [6, 6.07) is 5.21. The fraction of sp³-hybridized carbons (Fsp3) is 0.286. The summed E-state index contributed by atoms with van der Waals surface area (Å²) in [5.41, 5.74) is 8.71. The molecule has 21 heavy (non-hydrogen) atoms. The highest BCUT2D eigenvalue weighted by molar-refractivity contribution is 7.89. The van der Waals surface area contributed by atoms with Gasteiger partial charge in [-0.05, 0) is 48.1 Å². The van der Waals surface area contributed by atoms with Crippen LogP contribution in [-0.4, -0.2) is 8.42 Å². The molecule has 5 nitrogen and oxygen atoms in total. The Morgan fingerprint density at radius 2 is 2.05 bits per heavy atom. The average molecular weight is 325 g/mol. The summed E-state index contributed by atoms with van der Waals surface area (Å²) in [7, 11) is -3.78. The van der Waals surface area contributed by atoms with Gasteiger partial charge < -0.3 is 11.1 Å². The minimum absolute atomic E-state index is 0.0619. The van der Waals surface area contributed by atoms with Gasteiger partial charge in [0, 0.05) is 22.8 Å². The number of nitrogens with one attached hydrogen (secondary N) is 1. The van der Waals surface area contributed by atoms with E-state index in [-0.39, 0.29) is 4.90 Å². The Balaban J connectivity index is 2.31. The molecule has 0 amide bonds. The van der Waals surface area contributed by atoms with Crippen molar-refractivity contribution in [3.63, 3.8) is 0 Å². The molecule has 5 N–H and O–H groups in total. The van der Waals surface area contributed by atoms with Crippen molar-refractivity contribution < 1.29 is 8.42 Å². The lowest BCUT2D eigenvalue weighted by Gasteiger charge is -2.14. The molecule has 1 aromatic heterocycles. The van der Waals surface area contributed by atoms with Crippen molar-refractivity contribution in [2.45, 2.75) is 31.7 Å². The molecule has 0 unspecified atom stereocenters. The summed E-state index contributed by atoms with van der Waals surface area (Å²) in [5, 5.41) is 10.5. The predicted molar refractivity (Wildman–Crippen MR) is 88.0 cm³/mol. The molecule has 0 aliphatic rings. The highest BCUT2D eigenvalue weighted by Gasteiger charge is 2.15. The molecule has 2 aromatic rings. The summed E-state index contributed by atoms with van der Waals surface area (Å²) in [5.74, 6) is 0. The molecule has 0 fully saturated rings. The number of benzene rings is 1. The quantitative estimate of drug-likeness (QED) is 0.735. The summed E-state index contributed by atoms with van der Waals surface area (Å²) in [6.45, 7) is 4.46. The van der Waals surface area contributed by atoms with Crippen molar-refractivity contribution in [2.75, 3.05) is 11.1 Å². The Bertz CT molecular complexity index is 752. The number of hydrogen-bond donors (Lipinski definition) is 3. The Hall–Kier alpha value is -1.57. The second-order valence-corrected chi connectivity index (χ2v) is 7.34. The fourth-order valence-electron chi connectivity index (χ4n) is 2.20. The van der Waals surface area contributed by atoms with Gasteiger partial charge in [-0.25, -0.2) is 13.6 Å². The first-order valence-electron chi connectivity index (χ1n) is 6.55. The molecule has 2 rings (SSSR count). The van der Waals surface area contributed by atoms with E-state index in [0.29, 0.717) is 23.5 Å². The molecule has 0 aliphatic heterocycles. The zero-order valence-corrected chi connectivity index (χ0v) is 13.6. The number of thiophene rings is 1. The van der Waals surface area contributed by atoms with Crippen LogP contribution >= 0.6 is 11.3 Å². The molecular formula is C14H19N3O2S2. The minimum Gasteiger partial charge on any atom is -0.399 e. The lowest BCUT2D eigenvalue weighted by Crippen LogP contribution is -2.15. The highest BCUT2D eigenvalue weighted by Crippen LogP contribution is 2.27. The molecule has 0 atom stereocenters. The Morgan fingerprint density at radius 3 is 2.67 bits per heavy atom. The van der Waals surface area contributed by atoms with Crippen LogP contribution in [0.15, 0.2) is 28.5 Å². The van der Waals surface area contributed by atoms with Crippen molar-refractivity contribution in [3.05, 3.63) is 39.6 Å². The number of anilines is 2. The van der Waals surface area contributed by atoms with E-state index in [1.807, 2.05) is 0 Å². The van der Waals surface area contributed by atoms with Crippen molar-refractivity contribution in [1.82, 2.24) is 0 Å². The summed E-state index contributed by atoms with van der Waals surface area (Å²) < 4.78 is 23.2. The third kappa shape index (κ3) is 3.55. The van der Waals surface area contributed by atoms with E-state index in [0.717, 1.165) is 6.42 Å². The first kappa shape index (κ1) is 15.8. The highest BCUT2D eigenvalue weighted by atomic mass is 32.2. The molecule has 114 valence electrons. The van der Waals surface area contributed by atoms with Gasteiger partial charge in [-0.3, -0.25) is 0 Å². The Labute approximate surface area is 129 Å². The Kier molecular flexibility index (Phi) is 4.55. The zero-order chi connectivity index (χ0) is 15.6. The first-order valence-corrected chi connectivity index (χ1v) is 8.97. The van der Waals surface area contributed by atoms with E-state index in [2.05, 4.69) is 23.7 Å². The van der Waals surface area contributed by atoms with Gasteiger partial charge in [0.05, 0.1) is 4.90 Å². The van der Waals surface area contributed by atoms with Crippen molar-refractivity contribution in [2.24, 2.45) is 5.14 Å². The topological polar surface area (TPSA) is 98.2 Å². The number of aryl methyl sites for hydroxylation is 1. The van der Waals surface area contributed by atoms with Crippen molar-refractivity contribution in [3.8, 4) is 0 Å². The van der Waals surface area contributed by atoms with Crippen LogP contribution in [0.1, 0.15) is 22.9 Å². The standard InChI is InChI=1S/C14H19N3O2S2/c1-3-10-4-5-20-13(10)8-17-12-6-11(15)7-14(9(12)2)21(16,18)19/h4-7,17H,3,8,15H2,1-2H3,(H2,16,18,19). The second-order valence-electron chi connectivity index (χ2n) is 4.81. The lowest BCUT2D eigenvalue weighted by atomic mass is 10.1. The van der Waals surface area contributed by atoms with Crippen LogP contribution in [-0.2, 0) is 23.0 Å². The maximum atomic E-state index is 11.6. The van der Waals surface area contributed by atoms with E-state index in [4.69, 9.17) is 10.9 Å². The third-order valence-electron chi connectivity index (χ3n) is 3.35.